The van der Waals surface area contributed by atoms with Crippen molar-refractivity contribution in [1.29, 1.82) is 0 Å². The fourth-order valence-corrected chi connectivity index (χ4v) is 1.42. The van der Waals surface area contributed by atoms with Crippen LogP contribution in [0, 0.1) is 0 Å². The van der Waals surface area contributed by atoms with E-state index in [-0.39, 0.29) is 10.3 Å². The fraction of sp³-hybridized carbons (Fsp3) is 0.400. The molecule has 1 amide bonds. The quantitative estimate of drug-likeness (QED) is 0.785. The number of anilines is 1. The number of halogens is 2. The minimum Gasteiger partial charge on any atom is -0.444 e. The van der Waals surface area contributed by atoms with Crippen molar-refractivity contribution >= 4 is 35.0 Å². The molecule has 0 atom stereocenters. The van der Waals surface area contributed by atoms with Crippen LogP contribution in [0.4, 0.5) is 10.5 Å². The number of rotatable bonds is 1. The zero-order valence-electron chi connectivity index (χ0n) is 9.17. The smallest absolute Gasteiger partial charge is 0.412 e. The zero-order chi connectivity index (χ0) is 12.3. The van der Waals surface area contributed by atoms with Gasteiger partial charge < -0.3 is 4.74 Å². The molecule has 1 heterocycles. The molecule has 1 aromatic rings. The largest absolute Gasteiger partial charge is 0.444 e. The first-order chi connectivity index (χ1) is 7.26. The van der Waals surface area contributed by atoms with Crippen LogP contribution >= 0.6 is 23.2 Å². The zero-order valence-corrected chi connectivity index (χ0v) is 10.7. The van der Waals surface area contributed by atoms with Gasteiger partial charge in [0.1, 0.15) is 15.9 Å². The molecular weight excluding hydrogens is 251 g/mol. The van der Waals surface area contributed by atoms with Gasteiger partial charge in [-0.15, -0.1) is 0 Å². The van der Waals surface area contributed by atoms with Gasteiger partial charge in [0.05, 0.1) is 5.69 Å². The number of nitrogens with one attached hydrogen (secondary N) is 1. The maximum atomic E-state index is 11.4. The summed E-state index contributed by atoms with van der Waals surface area (Å²) in [4.78, 5) is 15.2. The summed E-state index contributed by atoms with van der Waals surface area (Å²) >= 11 is 11.4. The summed E-state index contributed by atoms with van der Waals surface area (Å²) < 4.78 is 5.06. The van der Waals surface area contributed by atoms with Gasteiger partial charge in [-0.1, -0.05) is 23.2 Å². The Morgan fingerprint density at radius 1 is 1.31 bits per heavy atom. The Morgan fingerprint density at radius 3 is 2.25 bits per heavy atom. The molecule has 0 unspecified atom stereocenters. The van der Waals surface area contributed by atoms with Crippen molar-refractivity contribution in [2.24, 2.45) is 0 Å². The van der Waals surface area contributed by atoms with E-state index in [0.717, 1.165) is 0 Å². The van der Waals surface area contributed by atoms with Gasteiger partial charge >= 0.3 is 6.09 Å². The van der Waals surface area contributed by atoms with E-state index in [1.807, 2.05) is 0 Å². The van der Waals surface area contributed by atoms with E-state index in [4.69, 9.17) is 27.9 Å². The molecular formula is C10H12Cl2N2O2. The Kier molecular flexibility index (Phi) is 3.99. The molecule has 0 fully saturated rings. The van der Waals surface area contributed by atoms with Gasteiger partial charge in [-0.2, -0.15) is 0 Å². The van der Waals surface area contributed by atoms with Crippen LogP contribution in [0.2, 0.25) is 10.3 Å². The van der Waals surface area contributed by atoms with Gasteiger partial charge in [-0.3, -0.25) is 5.32 Å². The maximum absolute atomic E-state index is 11.4. The van der Waals surface area contributed by atoms with Crippen LogP contribution in [0.3, 0.4) is 0 Å². The van der Waals surface area contributed by atoms with E-state index in [1.165, 1.54) is 12.1 Å². The standard InChI is InChI=1S/C10H12Cl2N2O2/c1-10(2,3)16-9(15)13-6-4-7(11)14-8(12)5-6/h4-5H,1-3H3,(H,13,14,15). The van der Waals surface area contributed by atoms with Crippen molar-refractivity contribution in [2.45, 2.75) is 26.4 Å². The summed E-state index contributed by atoms with van der Waals surface area (Å²) in [6.07, 6.45) is -0.564. The molecule has 16 heavy (non-hydrogen) atoms. The molecule has 0 aliphatic carbocycles. The molecule has 0 saturated heterocycles. The second-order valence-corrected chi connectivity index (χ2v) is 4.90. The lowest BCUT2D eigenvalue weighted by atomic mass is 10.2. The second-order valence-electron chi connectivity index (χ2n) is 4.13. The van der Waals surface area contributed by atoms with E-state index in [9.17, 15) is 4.79 Å². The molecule has 0 spiro atoms. The lowest BCUT2D eigenvalue weighted by Gasteiger charge is -2.19. The highest BCUT2D eigenvalue weighted by atomic mass is 35.5. The van der Waals surface area contributed by atoms with Crippen molar-refractivity contribution in [2.75, 3.05) is 5.32 Å². The first-order valence-electron chi connectivity index (χ1n) is 4.59. The second kappa shape index (κ2) is 4.89. The number of aromatic nitrogens is 1. The van der Waals surface area contributed by atoms with Crippen LogP contribution in [0.1, 0.15) is 20.8 Å². The molecule has 1 rings (SSSR count). The van der Waals surface area contributed by atoms with Crippen molar-refractivity contribution < 1.29 is 9.53 Å². The lowest BCUT2D eigenvalue weighted by molar-refractivity contribution is 0.0636. The number of hydrogen-bond donors (Lipinski definition) is 1. The first kappa shape index (κ1) is 13.1. The molecule has 88 valence electrons. The number of ether oxygens (including phenoxy) is 1. The maximum Gasteiger partial charge on any atom is 0.412 e. The van der Waals surface area contributed by atoms with Crippen molar-refractivity contribution in [1.82, 2.24) is 4.98 Å². The van der Waals surface area contributed by atoms with Crippen LogP contribution in [0.15, 0.2) is 12.1 Å². The van der Waals surface area contributed by atoms with Crippen LogP contribution in [0.25, 0.3) is 0 Å². The molecule has 0 aliphatic heterocycles. The average molecular weight is 263 g/mol. The molecule has 1 N–H and O–H groups in total. The third-order valence-corrected chi connectivity index (χ3v) is 1.80. The van der Waals surface area contributed by atoms with Crippen molar-refractivity contribution in [3.8, 4) is 0 Å². The Bertz CT molecular complexity index is 382. The van der Waals surface area contributed by atoms with Gasteiger partial charge in [0.25, 0.3) is 0 Å². The van der Waals surface area contributed by atoms with Gasteiger partial charge in [0, 0.05) is 0 Å². The van der Waals surface area contributed by atoms with Gasteiger partial charge in [-0.05, 0) is 32.9 Å². The van der Waals surface area contributed by atoms with E-state index in [0.29, 0.717) is 5.69 Å². The number of hydrogen-bond acceptors (Lipinski definition) is 3. The SMILES string of the molecule is CC(C)(C)OC(=O)Nc1cc(Cl)nc(Cl)c1. The summed E-state index contributed by atoms with van der Waals surface area (Å²) in [6, 6.07) is 2.97. The third kappa shape index (κ3) is 4.68. The molecule has 4 nitrogen and oxygen atoms in total. The van der Waals surface area contributed by atoms with Crippen molar-refractivity contribution in [3.63, 3.8) is 0 Å². The highest BCUT2D eigenvalue weighted by Gasteiger charge is 2.16. The minimum atomic E-state index is -0.564. The number of nitrogens with zero attached hydrogens (tertiary/aromatic N) is 1. The monoisotopic (exact) mass is 262 g/mol. The van der Waals surface area contributed by atoms with E-state index in [2.05, 4.69) is 10.3 Å². The number of carbonyl (C=O) groups excluding carboxylic acids is 1. The highest BCUT2D eigenvalue weighted by molar-refractivity contribution is 6.32. The summed E-state index contributed by atoms with van der Waals surface area (Å²) in [5.74, 6) is 0. The topological polar surface area (TPSA) is 51.2 Å². The molecule has 0 aliphatic rings. The number of amides is 1. The van der Waals surface area contributed by atoms with Crippen LogP contribution in [-0.4, -0.2) is 16.7 Å². The summed E-state index contributed by atoms with van der Waals surface area (Å²) in [5.41, 5.74) is -0.107. The lowest BCUT2D eigenvalue weighted by Crippen LogP contribution is -2.27. The Morgan fingerprint density at radius 2 is 1.81 bits per heavy atom. The van der Waals surface area contributed by atoms with Crippen LogP contribution in [-0.2, 0) is 4.74 Å². The van der Waals surface area contributed by atoms with Crippen LogP contribution in [0.5, 0.6) is 0 Å². The first-order valence-corrected chi connectivity index (χ1v) is 5.35. The molecule has 6 heteroatoms. The number of pyridine rings is 1. The third-order valence-electron chi connectivity index (χ3n) is 1.41. The van der Waals surface area contributed by atoms with Gasteiger partial charge in [-0.25, -0.2) is 9.78 Å². The molecule has 0 bridgehead atoms. The van der Waals surface area contributed by atoms with Gasteiger partial charge in [0.2, 0.25) is 0 Å². The molecule has 0 aromatic carbocycles. The fourth-order valence-electron chi connectivity index (χ4n) is 0.959. The summed E-state index contributed by atoms with van der Waals surface area (Å²) in [5, 5.41) is 2.92. The summed E-state index contributed by atoms with van der Waals surface area (Å²) in [6.45, 7) is 5.33. The Labute approximate surface area is 104 Å². The normalized spacial score (nSPS) is 11.1. The predicted molar refractivity (Wildman–Crippen MR) is 64.1 cm³/mol. The van der Waals surface area contributed by atoms with E-state index >= 15 is 0 Å². The van der Waals surface area contributed by atoms with Gasteiger partial charge in [0.15, 0.2) is 0 Å². The van der Waals surface area contributed by atoms with Crippen LogP contribution < -0.4 is 5.32 Å². The molecule has 1 aromatic heterocycles. The molecule has 0 saturated carbocycles. The number of carbonyl (C=O) groups is 1. The van der Waals surface area contributed by atoms with E-state index in [1.54, 1.807) is 20.8 Å². The average Bonchev–Trinajstić information content (AvgIpc) is 1.96. The van der Waals surface area contributed by atoms with Crippen molar-refractivity contribution in [3.05, 3.63) is 22.4 Å². The Hall–Kier alpha value is -1.00. The Balaban J connectivity index is 2.70. The summed E-state index contributed by atoms with van der Waals surface area (Å²) in [7, 11) is 0. The minimum absolute atomic E-state index is 0.207. The van der Waals surface area contributed by atoms with E-state index < -0.39 is 11.7 Å². The predicted octanol–water partition coefficient (Wildman–Crippen LogP) is 3.74. The highest BCUT2D eigenvalue weighted by Crippen LogP contribution is 2.19. The molecule has 0 radical (unpaired) electrons.